The Morgan fingerprint density at radius 1 is 1.03 bits per heavy atom. The minimum Gasteiger partial charge on any atom is -0.321 e. The van der Waals surface area contributed by atoms with E-state index in [0.717, 1.165) is 48.2 Å². The lowest BCUT2D eigenvalue weighted by Gasteiger charge is -2.22. The van der Waals surface area contributed by atoms with E-state index in [1.807, 2.05) is 6.07 Å². The molecule has 0 bridgehead atoms. The first kappa shape index (κ1) is 20.7. The van der Waals surface area contributed by atoms with Crippen molar-refractivity contribution in [2.45, 2.75) is 42.2 Å². The Morgan fingerprint density at radius 3 is 2.27 bits per heavy atom. The molecule has 1 saturated carbocycles. The van der Waals surface area contributed by atoms with Crippen LogP contribution >= 0.6 is 11.8 Å². The second-order valence-corrected chi connectivity index (χ2v) is 9.01. The summed E-state index contributed by atoms with van der Waals surface area (Å²) >= 11 is 1.65. The van der Waals surface area contributed by atoms with Crippen LogP contribution in [0.5, 0.6) is 0 Å². The standard InChI is InChI=1S/C22H23F2N3O2S/c1-26-17-11-16(25-21(28)20-14(23)9-6-10-15(20)24)19(12-18(17)27(2)22(26)29)30-13-7-4-3-5-8-13/h6,9-13H,3-5,7-8H2,1-2H3,(H,25,28). The van der Waals surface area contributed by atoms with E-state index >= 15 is 0 Å². The van der Waals surface area contributed by atoms with Gasteiger partial charge >= 0.3 is 5.69 Å². The number of fused-ring (bicyclic) bond motifs is 1. The molecule has 158 valence electrons. The molecule has 0 atom stereocenters. The summed E-state index contributed by atoms with van der Waals surface area (Å²) in [5.41, 5.74) is 1.04. The average molecular weight is 432 g/mol. The van der Waals surface area contributed by atoms with Gasteiger partial charge in [0, 0.05) is 24.2 Å². The van der Waals surface area contributed by atoms with Crippen molar-refractivity contribution in [2.75, 3.05) is 5.32 Å². The van der Waals surface area contributed by atoms with Gasteiger partial charge < -0.3 is 5.32 Å². The lowest BCUT2D eigenvalue weighted by Crippen LogP contribution is -2.19. The summed E-state index contributed by atoms with van der Waals surface area (Å²) in [7, 11) is 3.35. The van der Waals surface area contributed by atoms with Gasteiger partial charge in [0.25, 0.3) is 5.91 Å². The number of halogens is 2. The fourth-order valence-electron chi connectivity index (χ4n) is 3.98. The number of hydrogen-bond donors (Lipinski definition) is 1. The number of aromatic nitrogens is 2. The zero-order valence-electron chi connectivity index (χ0n) is 16.9. The Bertz CT molecular complexity index is 1160. The number of nitrogens with zero attached hydrogens (tertiary/aromatic N) is 2. The fourth-order valence-corrected chi connectivity index (χ4v) is 5.33. The highest BCUT2D eigenvalue weighted by Crippen LogP contribution is 2.39. The topological polar surface area (TPSA) is 56.0 Å². The van der Waals surface area contributed by atoms with Crippen molar-refractivity contribution >= 4 is 34.4 Å². The van der Waals surface area contributed by atoms with Crippen molar-refractivity contribution in [2.24, 2.45) is 14.1 Å². The van der Waals surface area contributed by atoms with Gasteiger partial charge in [0.2, 0.25) is 0 Å². The molecule has 0 spiro atoms. The average Bonchev–Trinajstić information content (AvgIpc) is 2.93. The molecule has 1 aliphatic carbocycles. The molecule has 4 rings (SSSR count). The molecule has 0 radical (unpaired) electrons. The van der Waals surface area contributed by atoms with Crippen LogP contribution in [0.25, 0.3) is 11.0 Å². The van der Waals surface area contributed by atoms with Gasteiger partial charge in [-0.1, -0.05) is 25.3 Å². The molecule has 3 aromatic rings. The van der Waals surface area contributed by atoms with E-state index in [1.54, 1.807) is 36.5 Å². The van der Waals surface area contributed by atoms with Crippen LogP contribution in [0.15, 0.2) is 40.0 Å². The number of anilines is 1. The Hall–Kier alpha value is -2.61. The molecule has 1 amide bonds. The number of amides is 1. The first-order valence-corrected chi connectivity index (χ1v) is 10.9. The number of nitrogens with one attached hydrogen (secondary N) is 1. The van der Waals surface area contributed by atoms with Gasteiger partial charge in [0.15, 0.2) is 0 Å². The molecule has 0 saturated heterocycles. The zero-order valence-corrected chi connectivity index (χ0v) is 17.7. The number of carbonyl (C=O) groups is 1. The first-order valence-electron chi connectivity index (χ1n) is 9.98. The molecule has 2 aromatic carbocycles. The molecule has 0 aliphatic heterocycles. The van der Waals surface area contributed by atoms with Crippen molar-refractivity contribution in [1.29, 1.82) is 0 Å². The highest BCUT2D eigenvalue weighted by Gasteiger charge is 2.22. The van der Waals surface area contributed by atoms with E-state index in [1.165, 1.54) is 17.1 Å². The van der Waals surface area contributed by atoms with Crippen molar-refractivity contribution < 1.29 is 13.6 Å². The zero-order chi connectivity index (χ0) is 21.4. The third-order valence-corrected chi connectivity index (χ3v) is 7.05. The molecule has 1 fully saturated rings. The second-order valence-electron chi connectivity index (χ2n) is 7.67. The number of carbonyl (C=O) groups excluding carboxylic acids is 1. The van der Waals surface area contributed by atoms with E-state index < -0.39 is 23.1 Å². The molecular weight excluding hydrogens is 408 g/mol. The van der Waals surface area contributed by atoms with Crippen molar-refractivity contribution in [3.63, 3.8) is 0 Å². The summed E-state index contributed by atoms with van der Waals surface area (Å²) in [5, 5.41) is 3.08. The minimum atomic E-state index is -0.915. The summed E-state index contributed by atoms with van der Waals surface area (Å²) in [6.45, 7) is 0. The van der Waals surface area contributed by atoms with Gasteiger partial charge in [-0.05, 0) is 37.1 Å². The van der Waals surface area contributed by atoms with E-state index in [2.05, 4.69) is 5.32 Å². The van der Waals surface area contributed by atoms with E-state index in [9.17, 15) is 18.4 Å². The normalized spacial score (nSPS) is 14.9. The Balaban J connectivity index is 1.77. The van der Waals surface area contributed by atoms with Crippen molar-refractivity contribution in [3.05, 3.63) is 58.0 Å². The lowest BCUT2D eigenvalue weighted by molar-refractivity contribution is 0.101. The lowest BCUT2D eigenvalue weighted by atomic mass is 10.0. The highest BCUT2D eigenvalue weighted by atomic mass is 32.2. The molecular formula is C22H23F2N3O2S. The Kier molecular flexibility index (Phi) is 5.69. The quantitative estimate of drug-likeness (QED) is 0.644. The first-order chi connectivity index (χ1) is 14.4. The maximum atomic E-state index is 14.1. The van der Waals surface area contributed by atoms with Crippen LogP contribution in [0, 0.1) is 11.6 Å². The summed E-state index contributed by atoms with van der Waals surface area (Å²) in [5.74, 6) is -2.68. The smallest absolute Gasteiger partial charge is 0.321 e. The third-order valence-electron chi connectivity index (χ3n) is 5.66. The van der Waals surface area contributed by atoms with Gasteiger partial charge in [-0.15, -0.1) is 11.8 Å². The summed E-state index contributed by atoms with van der Waals surface area (Å²) in [4.78, 5) is 25.9. The van der Waals surface area contributed by atoms with E-state index in [-0.39, 0.29) is 5.69 Å². The maximum Gasteiger partial charge on any atom is 0.328 e. The second kappa shape index (κ2) is 8.26. The summed E-state index contributed by atoms with van der Waals surface area (Å²) in [6.07, 6.45) is 5.69. The molecule has 1 aliphatic rings. The Morgan fingerprint density at radius 2 is 1.63 bits per heavy atom. The van der Waals surface area contributed by atoms with Crippen LogP contribution in [-0.4, -0.2) is 20.3 Å². The number of imidazole rings is 1. The number of benzene rings is 2. The van der Waals surface area contributed by atoms with Gasteiger partial charge in [0.1, 0.15) is 17.2 Å². The summed E-state index contributed by atoms with van der Waals surface area (Å²) in [6, 6.07) is 6.92. The van der Waals surface area contributed by atoms with Crippen LogP contribution in [0.4, 0.5) is 14.5 Å². The van der Waals surface area contributed by atoms with E-state index in [0.29, 0.717) is 16.5 Å². The maximum absolute atomic E-state index is 14.1. The number of hydrogen-bond acceptors (Lipinski definition) is 3. The fraction of sp³-hybridized carbons (Fsp3) is 0.364. The molecule has 1 heterocycles. The number of rotatable bonds is 4. The van der Waals surface area contributed by atoms with E-state index in [4.69, 9.17) is 0 Å². The molecule has 1 aromatic heterocycles. The molecule has 1 N–H and O–H groups in total. The predicted molar refractivity (Wildman–Crippen MR) is 115 cm³/mol. The van der Waals surface area contributed by atoms with Crippen LogP contribution in [0.1, 0.15) is 42.5 Å². The van der Waals surface area contributed by atoms with Crippen LogP contribution in [0.2, 0.25) is 0 Å². The molecule has 0 unspecified atom stereocenters. The van der Waals surface area contributed by atoms with Gasteiger partial charge in [-0.3, -0.25) is 13.9 Å². The van der Waals surface area contributed by atoms with Crippen molar-refractivity contribution in [3.8, 4) is 0 Å². The predicted octanol–water partition coefficient (Wildman–Crippen LogP) is 4.83. The molecule has 5 nitrogen and oxygen atoms in total. The SMILES string of the molecule is Cn1c(=O)n(C)c2cc(SC3CCCCC3)c(NC(=O)c3c(F)cccc3F)cc21. The highest BCUT2D eigenvalue weighted by molar-refractivity contribution is 8.00. The largest absolute Gasteiger partial charge is 0.328 e. The van der Waals surface area contributed by atoms with Crippen molar-refractivity contribution in [1.82, 2.24) is 9.13 Å². The summed E-state index contributed by atoms with van der Waals surface area (Å²) < 4.78 is 31.2. The van der Waals surface area contributed by atoms with Crippen LogP contribution in [-0.2, 0) is 14.1 Å². The third kappa shape index (κ3) is 3.76. The van der Waals surface area contributed by atoms with Gasteiger partial charge in [-0.2, -0.15) is 0 Å². The van der Waals surface area contributed by atoms with Gasteiger partial charge in [-0.25, -0.2) is 13.6 Å². The minimum absolute atomic E-state index is 0.178. The van der Waals surface area contributed by atoms with Crippen LogP contribution in [0.3, 0.4) is 0 Å². The monoisotopic (exact) mass is 431 g/mol. The molecule has 30 heavy (non-hydrogen) atoms. The number of aryl methyl sites for hydroxylation is 2. The van der Waals surface area contributed by atoms with Gasteiger partial charge in [0.05, 0.1) is 16.7 Å². The number of thioether (sulfide) groups is 1. The molecule has 8 heteroatoms. The Labute approximate surface area is 177 Å². The van der Waals surface area contributed by atoms with Crippen LogP contribution < -0.4 is 11.0 Å².